The van der Waals surface area contributed by atoms with Crippen molar-refractivity contribution in [3.05, 3.63) is 12.2 Å². The first kappa shape index (κ1) is 13.5. The summed E-state index contributed by atoms with van der Waals surface area (Å²) in [6, 6.07) is 0. The fraction of sp³-hybridized carbons (Fsp3) is 0.786. The third-order valence-corrected chi connectivity index (χ3v) is 4.93. The SMILES string of the molecule is Cn1cnnc1CCNC(=O)[C@@]12CCCC[C@H]1CNC2. The number of hydrogen-bond donors (Lipinski definition) is 2. The summed E-state index contributed by atoms with van der Waals surface area (Å²) >= 11 is 0. The molecule has 3 rings (SSSR count). The molecule has 0 unspecified atom stereocenters. The highest BCUT2D eigenvalue weighted by Crippen LogP contribution is 2.43. The first-order valence-electron chi connectivity index (χ1n) is 7.54. The molecular formula is C14H23N5O. The predicted octanol–water partition coefficient (Wildman–Crippen LogP) is 0.254. The largest absolute Gasteiger partial charge is 0.355 e. The number of amides is 1. The zero-order valence-electron chi connectivity index (χ0n) is 12.1. The van der Waals surface area contributed by atoms with E-state index < -0.39 is 0 Å². The molecule has 2 fully saturated rings. The highest BCUT2D eigenvalue weighted by atomic mass is 16.2. The summed E-state index contributed by atoms with van der Waals surface area (Å²) in [4.78, 5) is 12.6. The maximum absolute atomic E-state index is 12.6. The molecule has 0 bridgehead atoms. The van der Waals surface area contributed by atoms with Crippen molar-refractivity contribution < 1.29 is 4.79 Å². The Balaban J connectivity index is 1.57. The summed E-state index contributed by atoms with van der Waals surface area (Å²) < 4.78 is 1.89. The van der Waals surface area contributed by atoms with Gasteiger partial charge in [0, 0.05) is 26.6 Å². The third kappa shape index (κ3) is 2.32. The second-order valence-electron chi connectivity index (χ2n) is 6.09. The van der Waals surface area contributed by atoms with Crippen molar-refractivity contribution in [2.45, 2.75) is 32.1 Å². The molecule has 20 heavy (non-hydrogen) atoms. The van der Waals surface area contributed by atoms with Gasteiger partial charge in [-0.2, -0.15) is 0 Å². The van der Waals surface area contributed by atoms with Crippen LogP contribution < -0.4 is 10.6 Å². The molecule has 6 nitrogen and oxygen atoms in total. The molecule has 0 aromatic carbocycles. The summed E-state index contributed by atoms with van der Waals surface area (Å²) in [5.74, 6) is 1.66. The molecule has 1 aliphatic heterocycles. The van der Waals surface area contributed by atoms with Crippen molar-refractivity contribution in [3.63, 3.8) is 0 Å². The monoisotopic (exact) mass is 277 g/mol. The first-order chi connectivity index (χ1) is 9.72. The zero-order chi connectivity index (χ0) is 14.0. The Morgan fingerprint density at radius 3 is 3.30 bits per heavy atom. The number of aryl methyl sites for hydroxylation is 1. The van der Waals surface area contributed by atoms with Crippen LogP contribution in [0.15, 0.2) is 6.33 Å². The standard InChI is InChI=1S/C14H23N5O/c1-19-10-17-18-12(19)5-7-16-13(20)14-6-3-2-4-11(14)8-15-9-14/h10-11,15H,2-9H2,1H3,(H,16,20)/t11-,14+/m0/s1. The van der Waals surface area contributed by atoms with Gasteiger partial charge in [0.05, 0.1) is 5.41 Å². The van der Waals surface area contributed by atoms with E-state index in [1.165, 1.54) is 19.3 Å². The molecule has 1 aromatic rings. The minimum absolute atomic E-state index is 0.155. The minimum Gasteiger partial charge on any atom is -0.355 e. The van der Waals surface area contributed by atoms with Gasteiger partial charge in [-0.25, -0.2) is 0 Å². The lowest BCUT2D eigenvalue weighted by Gasteiger charge is -2.37. The van der Waals surface area contributed by atoms with Crippen molar-refractivity contribution in [1.82, 2.24) is 25.4 Å². The van der Waals surface area contributed by atoms with Crippen LogP contribution in [0, 0.1) is 11.3 Å². The lowest BCUT2D eigenvalue weighted by Crippen LogP contribution is -2.48. The lowest BCUT2D eigenvalue weighted by atomic mass is 9.67. The Bertz CT molecular complexity index is 486. The maximum Gasteiger partial charge on any atom is 0.227 e. The van der Waals surface area contributed by atoms with Gasteiger partial charge < -0.3 is 15.2 Å². The fourth-order valence-electron chi connectivity index (χ4n) is 3.69. The molecule has 2 atom stereocenters. The molecule has 1 saturated heterocycles. The average molecular weight is 277 g/mol. The van der Waals surface area contributed by atoms with E-state index in [0.29, 0.717) is 12.5 Å². The van der Waals surface area contributed by atoms with Crippen LogP contribution in [0.4, 0.5) is 0 Å². The van der Waals surface area contributed by atoms with Gasteiger partial charge in [0.15, 0.2) is 0 Å². The summed E-state index contributed by atoms with van der Waals surface area (Å²) in [5, 5.41) is 14.4. The molecule has 1 aromatic heterocycles. The summed E-state index contributed by atoms with van der Waals surface area (Å²) in [6.45, 7) is 2.48. The number of aromatic nitrogens is 3. The van der Waals surface area contributed by atoms with Crippen molar-refractivity contribution in [2.75, 3.05) is 19.6 Å². The fourth-order valence-corrected chi connectivity index (χ4v) is 3.69. The van der Waals surface area contributed by atoms with Gasteiger partial charge >= 0.3 is 0 Å². The van der Waals surface area contributed by atoms with E-state index in [1.54, 1.807) is 6.33 Å². The maximum atomic E-state index is 12.6. The number of rotatable bonds is 4. The molecule has 110 valence electrons. The normalized spacial score (nSPS) is 29.1. The van der Waals surface area contributed by atoms with Crippen LogP contribution in [0.25, 0.3) is 0 Å². The van der Waals surface area contributed by atoms with E-state index in [-0.39, 0.29) is 11.3 Å². The van der Waals surface area contributed by atoms with Crippen LogP contribution in [-0.2, 0) is 18.3 Å². The second-order valence-corrected chi connectivity index (χ2v) is 6.09. The van der Waals surface area contributed by atoms with Crippen LogP contribution in [0.3, 0.4) is 0 Å². The smallest absolute Gasteiger partial charge is 0.227 e. The van der Waals surface area contributed by atoms with Gasteiger partial charge in [0.25, 0.3) is 0 Å². The Labute approximate surface area is 119 Å². The number of hydrogen-bond acceptors (Lipinski definition) is 4. The van der Waals surface area contributed by atoms with Crippen molar-refractivity contribution in [1.29, 1.82) is 0 Å². The summed E-state index contributed by atoms with van der Waals surface area (Å²) in [6.07, 6.45) is 7.07. The molecule has 1 amide bonds. The van der Waals surface area contributed by atoms with Gasteiger partial charge in [-0.15, -0.1) is 10.2 Å². The number of carbonyl (C=O) groups excluding carboxylic acids is 1. The topological polar surface area (TPSA) is 71.8 Å². The quantitative estimate of drug-likeness (QED) is 0.828. The van der Waals surface area contributed by atoms with E-state index in [0.717, 1.165) is 31.8 Å². The molecular weight excluding hydrogens is 254 g/mol. The molecule has 0 spiro atoms. The van der Waals surface area contributed by atoms with Crippen LogP contribution in [-0.4, -0.2) is 40.3 Å². The molecule has 1 saturated carbocycles. The predicted molar refractivity (Wildman–Crippen MR) is 75.0 cm³/mol. The minimum atomic E-state index is -0.155. The van der Waals surface area contributed by atoms with E-state index in [9.17, 15) is 4.79 Å². The van der Waals surface area contributed by atoms with Gasteiger partial charge in [-0.05, 0) is 25.3 Å². The number of nitrogens with zero attached hydrogens (tertiary/aromatic N) is 3. The Morgan fingerprint density at radius 2 is 2.50 bits per heavy atom. The van der Waals surface area contributed by atoms with E-state index in [1.807, 2.05) is 11.6 Å². The molecule has 1 aliphatic carbocycles. The molecule has 2 N–H and O–H groups in total. The molecule has 2 heterocycles. The molecule has 0 radical (unpaired) electrons. The van der Waals surface area contributed by atoms with E-state index in [4.69, 9.17) is 0 Å². The van der Waals surface area contributed by atoms with Crippen molar-refractivity contribution >= 4 is 5.91 Å². The number of fused-ring (bicyclic) bond motifs is 1. The highest BCUT2D eigenvalue weighted by Gasteiger charge is 2.49. The van der Waals surface area contributed by atoms with Crippen LogP contribution in [0.1, 0.15) is 31.5 Å². The molecule has 2 aliphatic rings. The number of carbonyl (C=O) groups is 1. The Hall–Kier alpha value is -1.43. The van der Waals surface area contributed by atoms with Gasteiger partial charge in [0.1, 0.15) is 12.2 Å². The van der Waals surface area contributed by atoms with Crippen LogP contribution in [0.5, 0.6) is 0 Å². The molecule has 6 heteroatoms. The highest BCUT2D eigenvalue weighted by molar-refractivity contribution is 5.83. The summed E-state index contributed by atoms with van der Waals surface area (Å²) in [5.41, 5.74) is -0.155. The van der Waals surface area contributed by atoms with E-state index >= 15 is 0 Å². The lowest BCUT2D eigenvalue weighted by molar-refractivity contribution is -0.133. The van der Waals surface area contributed by atoms with Gasteiger partial charge in [-0.1, -0.05) is 12.8 Å². The Morgan fingerprint density at radius 1 is 1.60 bits per heavy atom. The van der Waals surface area contributed by atoms with Crippen LogP contribution >= 0.6 is 0 Å². The van der Waals surface area contributed by atoms with Crippen molar-refractivity contribution in [2.24, 2.45) is 18.4 Å². The van der Waals surface area contributed by atoms with Gasteiger partial charge in [-0.3, -0.25) is 4.79 Å². The Kier molecular flexibility index (Phi) is 3.74. The zero-order valence-corrected chi connectivity index (χ0v) is 12.1. The average Bonchev–Trinajstić information content (AvgIpc) is 3.06. The van der Waals surface area contributed by atoms with E-state index in [2.05, 4.69) is 20.8 Å². The van der Waals surface area contributed by atoms with Gasteiger partial charge in [0.2, 0.25) is 5.91 Å². The second kappa shape index (κ2) is 5.52. The first-order valence-corrected chi connectivity index (χ1v) is 7.54. The van der Waals surface area contributed by atoms with Crippen molar-refractivity contribution in [3.8, 4) is 0 Å². The summed E-state index contributed by atoms with van der Waals surface area (Å²) in [7, 11) is 1.92. The van der Waals surface area contributed by atoms with Crippen LogP contribution in [0.2, 0.25) is 0 Å². The third-order valence-electron chi connectivity index (χ3n) is 4.93. The number of nitrogens with one attached hydrogen (secondary N) is 2.